The highest BCUT2D eigenvalue weighted by Crippen LogP contribution is 2.37. The molecular weight excluding hydrogens is 318 g/mol. The normalized spacial score (nSPS) is 14.7. The van der Waals surface area contributed by atoms with E-state index in [2.05, 4.69) is 5.32 Å². The quantitative estimate of drug-likeness (QED) is 0.651. The summed E-state index contributed by atoms with van der Waals surface area (Å²) in [6.07, 6.45) is 7.70. The monoisotopic (exact) mass is 337 g/mol. The van der Waals surface area contributed by atoms with E-state index in [1.807, 2.05) is 0 Å². The number of rotatable bonds is 4. The average molecular weight is 337 g/mol. The van der Waals surface area contributed by atoms with E-state index in [0.29, 0.717) is 10.6 Å². The molecule has 0 spiro atoms. The molecule has 0 bridgehead atoms. The van der Waals surface area contributed by atoms with Crippen LogP contribution in [0.25, 0.3) is 0 Å². The lowest BCUT2D eigenvalue weighted by molar-refractivity contribution is -0.131. The average Bonchev–Trinajstić information content (AvgIpc) is 2.81. The zero-order valence-corrected chi connectivity index (χ0v) is 13.7. The third kappa shape index (κ3) is 4.41. The summed E-state index contributed by atoms with van der Waals surface area (Å²) in [5, 5.41) is 11.6. The Labute approximate surface area is 138 Å². The van der Waals surface area contributed by atoms with Crippen LogP contribution in [-0.2, 0) is 27.2 Å². The number of carbonyl (C=O) groups excluding carboxylic acids is 2. The second-order valence-electron chi connectivity index (χ2n) is 5.27. The Kier molecular flexibility index (Phi) is 5.92. The van der Waals surface area contributed by atoms with Crippen molar-refractivity contribution in [1.82, 2.24) is 0 Å². The fourth-order valence-corrected chi connectivity index (χ4v) is 3.91. The van der Waals surface area contributed by atoms with E-state index < -0.39 is 17.8 Å². The maximum Gasteiger partial charge on any atom is 0.341 e. The molecule has 0 atom stereocenters. The molecule has 0 radical (unpaired) electrons. The molecule has 2 N–H and O–H groups in total. The standard InChI is InChI=1S/C16H19NO5S/c1-22-16(21)14-10-6-4-2-3-5-7-11(10)23-15(14)17-12(18)8-9-13(19)20/h8-9H,2-7H2,1H3,(H,17,18)(H,19,20)/b9-8+. The molecule has 0 aromatic carbocycles. The van der Waals surface area contributed by atoms with Gasteiger partial charge in [0.2, 0.25) is 5.91 Å². The highest BCUT2D eigenvalue weighted by molar-refractivity contribution is 7.17. The van der Waals surface area contributed by atoms with E-state index >= 15 is 0 Å². The molecule has 124 valence electrons. The lowest BCUT2D eigenvalue weighted by Crippen LogP contribution is -2.13. The molecule has 6 nitrogen and oxygen atoms in total. The van der Waals surface area contributed by atoms with Gasteiger partial charge < -0.3 is 15.2 Å². The van der Waals surface area contributed by atoms with Crippen molar-refractivity contribution in [3.8, 4) is 0 Å². The van der Waals surface area contributed by atoms with Crippen molar-refractivity contribution in [2.45, 2.75) is 38.5 Å². The number of thiophene rings is 1. The summed E-state index contributed by atoms with van der Waals surface area (Å²) in [5.41, 5.74) is 1.37. The topological polar surface area (TPSA) is 92.7 Å². The van der Waals surface area contributed by atoms with Crippen molar-refractivity contribution in [3.05, 3.63) is 28.2 Å². The Morgan fingerprint density at radius 1 is 1.13 bits per heavy atom. The molecule has 0 saturated carbocycles. The molecule has 1 aliphatic carbocycles. The van der Waals surface area contributed by atoms with Crippen molar-refractivity contribution in [1.29, 1.82) is 0 Å². The second kappa shape index (κ2) is 7.92. The fourth-order valence-electron chi connectivity index (χ4n) is 2.63. The van der Waals surface area contributed by atoms with Crippen LogP contribution >= 0.6 is 11.3 Å². The van der Waals surface area contributed by atoms with Crippen LogP contribution < -0.4 is 5.32 Å². The number of hydrogen-bond acceptors (Lipinski definition) is 5. The lowest BCUT2D eigenvalue weighted by Gasteiger charge is -2.10. The number of hydrogen-bond donors (Lipinski definition) is 2. The summed E-state index contributed by atoms with van der Waals surface area (Å²) in [6.45, 7) is 0. The van der Waals surface area contributed by atoms with Gasteiger partial charge in [0.05, 0.1) is 12.7 Å². The largest absolute Gasteiger partial charge is 0.478 e. The molecule has 1 aromatic rings. The second-order valence-corrected chi connectivity index (χ2v) is 6.38. The number of esters is 1. The van der Waals surface area contributed by atoms with Crippen LogP contribution in [0.3, 0.4) is 0 Å². The molecule has 0 fully saturated rings. The number of carboxylic acids is 1. The van der Waals surface area contributed by atoms with Gasteiger partial charge >= 0.3 is 11.9 Å². The summed E-state index contributed by atoms with van der Waals surface area (Å²) >= 11 is 1.38. The van der Waals surface area contributed by atoms with Gasteiger partial charge in [0.15, 0.2) is 0 Å². The number of fused-ring (bicyclic) bond motifs is 1. The Balaban J connectivity index is 2.33. The number of aliphatic carboxylic acids is 1. The maximum atomic E-state index is 12.1. The highest BCUT2D eigenvalue weighted by Gasteiger charge is 2.25. The van der Waals surface area contributed by atoms with Gasteiger partial charge in [-0.05, 0) is 31.2 Å². The first-order valence-corrected chi connectivity index (χ1v) is 8.29. The number of ether oxygens (including phenoxy) is 1. The summed E-state index contributed by atoms with van der Waals surface area (Å²) in [7, 11) is 1.31. The van der Waals surface area contributed by atoms with Gasteiger partial charge in [-0.15, -0.1) is 11.3 Å². The molecule has 0 saturated heterocycles. The van der Waals surface area contributed by atoms with Gasteiger partial charge in [-0.3, -0.25) is 4.79 Å². The van der Waals surface area contributed by atoms with Crippen LogP contribution in [0.4, 0.5) is 5.00 Å². The Hall–Kier alpha value is -2.15. The molecule has 7 heteroatoms. The number of nitrogens with one attached hydrogen (secondary N) is 1. The number of carboxylic acid groups (broad SMARTS) is 1. The first-order chi connectivity index (χ1) is 11.0. The van der Waals surface area contributed by atoms with Gasteiger partial charge in [0.25, 0.3) is 0 Å². The SMILES string of the molecule is COC(=O)c1c(NC(=O)/C=C/C(=O)O)sc2c1CCCCCC2. The fraction of sp³-hybridized carbons (Fsp3) is 0.438. The maximum absolute atomic E-state index is 12.1. The predicted octanol–water partition coefficient (Wildman–Crippen LogP) is 2.77. The summed E-state index contributed by atoms with van der Waals surface area (Å²) in [6, 6.07) is 0. The summed E-state index contributed by atoms with van der Waals surface area (Å²) < 4.78 is 4.86. The van der Waals surface area contributed by atoms with Gasteiger partial charge in [-0.25, -0.2) is 9.59 Å². The van der Waals surface area contributed by atoms with Crippen LogP contribution in [0, 0.1) is 0 Å². The van der Waals surface area contributed by atoms with E-state index in [9.17, 15) is 14.4 Å². The van der Waals surface area contributed by atoms with Crippen LogP contribution in [0.5, 0.6) is 0 Å². The molecule has 0 aliphatic heterocycles. The highest BCUT2D eigenvalue weighted by atomic mass is 32.1. The minimum atomic E-state index is -1.20. The van der Waals surface area contributed by atoms with Gasteiger partial charge in [0.1, 0.15) is 5.00 Å². The summed E-state index contributed by atoms with van der Waals surface area (Å²) in [4.78, 5) is 35.5. The van der Waals surface area contributed by atoms with Crippen LogP contribution in [0.1, 0.15) is 46.5 Å². The molecular formula is C16H19NO5S. The minimum absolute atomic E-state index is 0.409. The Morgan fingerprint density at radius 2 is 1.83 bits per heavy atom. The van der Waals surface area contributed by atoms with Gasteiger partial charge in [0, 0.05) is 17.0 Å². The van der Waals surface area contributed by atoms with Crippen LogP contribution in [0.2, 0.25) is 0 Å². The van der Waals surface area contributed by atoms with Crippen molar-refractivity contribution in [2.75, 3.05) is 12.4 Å². The lowest BCUT2D eigenvalue weighted by atomic mass is 9.96. The smallest absolute Gasteiger partial charge is 0.341 e. The first-order valence-electron chi connectivity index (χ1n) is 7.47. The first kappa shape index (κ1) is 17.2. The zero-order chi connectivity index (χ0) is 16.8. The number of aryl methyl sites for hydroxylation is 1. The third-order valence-electron chi connectivity index (χ3n) is 3.67. The number of methoxy groups -OCH3 is 1. The van der Waals surface area contributed by atoms with E-state index in [1.54, 1.807) is 0 Å². The molecule has 1 heterocycles. The number of amides is 1. The molecule has 0 unspecified atom stereocenters. The van der Waals surface area contributed by atoms with E-state index in [-0.39, 0.29) is 0 Å². The Morgan fingerprint density at radius 3 is 2.48 bits per heavy atom. The van der Waals surface area contributed by atoms with Crippen molar-refractivity contribution in [2.24, 2.45) is 0 Å². The van der Waals surface area contributed by atoms with Crippen LogP contribution in [-0.4, -0.2) is 30.1 Å². The van der Waals surface area contributed by atoms with Crippen molar-refractivity contribution in [3.63, 3.8) is 0 Å². The number of anilines is 1. The van der Waals surface area contributed by atoms with E-state index in [4.69, 9.17) is 9.84 Å². The van der Waals surface area contributed by atoms with Gasteiger partial charge in [-0.2, -0.15) is 0 Å². The van der Waals surface area contributed by atoms with Crippen LogP contribution in [0.15, 0.2) is 12.2 Å². The van der Waals surface area contributed by atoms with Crippen molar-refractivity contribution >= 4 is 34.2 Å². The molecule has 1 aliphatic rings. The van der Waals surface area contributed by atoms with Crippen molar-refractivity contribution < 1.29 is 24.2 Å². The zero-order valence-electron chi connectivity index (χ0n) is 12.9. The van der Waals surface area contributed by atoms with E-state index in [1.165, 1.54) is 18.4 Å². The van der Waals surface area contributed by atoms with E-state index in [0.717, 1.165) is 61.1 Å². The molecule has 23 heavy (non-hydrogen) atoms. The van der Waals surface area contributed by atoms with Gasteiger partial charge in [-0.1, -0.05) is 12.8 Å². The Bertz CT molecular complexity index is 647. The number of carbonyl (C=O) groups is 3. The molecule has 1 amide bonds. The minimum Gasteiger partial charge on any atom is -0.478 e. The predicted molar refractivity (Wildman–Crippen MR) is 86.9 cm³/mol. The summed E-state index contributed by atoms with van der Waals surface area (Å²) in [5.74, 6) is -2.25. The molecule has 2 rings (SSSR count). The third-order valence-corrected chi connectivity index (χ3v) is 4.88. The molecule has 1 aromatic heterocycles.